The van der Waals surface area contributed by atoms with E-state index < -0.39 is 0 Å². The van der Waals surface area contributed by atoms with Crippen molar-refractivity contribution in [1.82, 2.24) is 14.9 Å². The molecule has 0 bridgehead atoms. The van der Waals surface area contributed by atoms with Crippen molar-refractivity contribution < 1.29 is 4.79 Å². The number of carbonyl (C=O) groups is 1. The molecule has 1 aromatic carbocycles. The number of carbonyl (C=O) groups excluding carboxylic acids is 1. The van der Waals surface area contributed by atoms with E-state index in [4.69, 9.17) is 0 Å². The zero-order valence-electron chi connectivity index (χ0n) is 12.1. The summed E-state index contributed by atoms with van der Waals surface area (Å²) in [5.41, 5.74) is 1.75. The molecule has 2 heterocycles. The van der Waals surface area contributed by atoms with Crippen LogP contribution in [0.2, 0.25) is 0 Å². The van der Waals surface area contributed by atoms with Crippen LogP contribution in [0.25, 0.3) is 5.69 Å². The number of hydrogen-bond acceptors (Lipinski definition) is 3. The number of imidazole rings is 1. The van der Waals surface area contributed by atoms with E-state index >= 15 is 0 Å². The molecule has 0 radical (unpaired) electrons. The van der Waals surface area contributed by atoms with Crippen molar-refractivity contribution in [3.63, 3.8) is 0 Å². The Labute approximate surface area is 142 Å². The molecule has 0 unspecified atom stereocenters. The molecule has 0 saturated carbocycles. The summed E-state index contributed by atoms with van der Waals surface area (Å²) in [6.45, 7) is 1.77. The number of nitrogens with zero attached hydrogens (tertiary/aromatic N) is 2. The molecule has 0 spiro atoms. The molecule has 1 aliphatic rings. The minimum absolute atomic E-state index is 0. The minimum Gasteiger partial charge on any atom is -0.324 e. The lowest BCUT2D eigenvalue weighted by molar-refractivity contribution is -0.120. The third kappa shape index (κ3) is 4.22. The van der Waals surface area contributed by atoms with Gasteiger partial charge in [-0.3, -0.25) is 4.79 Å². The number of rotatable bonds is 3. The van der Waals surface area contributed by atoms with Crippen LogP contribution in [-0.2, 0) is 4.79 Å². The average Bonchev–Trinajstić information content (AvgIpc) is 3.03. The fourth-order valence-corrected chi connectivity index (χ4v) is 2.52. The fourth-order valence-electron chi connectivity index (χ4n) is 2.52. The monoisotopic (exact) mass is 342 g/mol. The Balaban J connectivity index is 0.00000121. The summed E-state index contributed by atoms with van der Waals surface area (Å²) in [6, 6.07) is 7.77. The standard InChI is InChI=1S/C15H18N4O.2ClH/c20-15(12-4-3-7-16-10-12)18-13-5-1-2-6-14(13)19-9-8-17-11-19;;/h1-2,5-6,8-9,11-12,16H,3-4,7,10H2,(H,18,20);2*1H/t12-;;/m1../s1. The van der Waals surface area contributed by atoms with E-state index in [2.05, 4.69) is 15.6 Å². The Bertz CT molecular complexity index is 583. The molecule has 1 atom stereocenters. The van der Waals surface area contributed by atoms with Crippen molar-refractivity contribution in [3.05, 3.63) is 43.0 Å². The van der Waals surface area contributed by atoms with Crippen molar-refractivity contribution in [2.45, 2.75) is 12.8 Å². The molecular formula is C15H20Cl2N4O. The topological polar surface area (TPSA) is 59.0 Å². The van der Waals surface area contributed by atoms with Gasteiger partial charge < -0.3 is 15.2 Å². The highest BCUT2D eigenvalue weighted by Crippen LogP contribution is 2.21. The number of anilines is 1. The predicted molar refractivity (Wildman–Crippen MR) is 92.3 cm³/mol. The third-order valence-electron chi connectivity index (χ3n) is 3.61. The smallest absolute Gasteiger partial charge is 0.228 e. The van der Waals surface area contributed by atoms with Crippen LogP contribution in [0.3, 0.4) is 0 Å². The summed E-state index contributed by atoms with van der Waals surface area (Å²) in [5, 5.41) is 6.31. The van der Waals surface area contributed by atoms with Crippen molar-refractivity contribution in [3.8, 4) is 5.69 Å². The van der Waals surface area contributed by atoms with Crippen LogP contribution in [0, 0.1) is 5.92 Å². The first-order chi connectivity index (χ1) is 9.84. The summed E-state index contributed by atoms with van der Waals surface area (Å²) < 4.78 is 1.90. The maximum absolute atomic E-state index is 12.3. The van der Waals surface area contributed by atoms with Gasteiger partial charge in [0, 0.05) is 18.9 Å². The summed E-state index contributed by atoms with van der Waals surface area (Å²) in [7, 11) is 0. The quantitative estimate of drug-likeness (QED) is 0.901. The number of nitrogens with one attached hydrogen (secondary N) is 2. The molecule has 1 amide bonds. The molecule has 120 valence electrons. The van der Waals surface area contributed by atoms with Gasteiger partial charge in [-0.15, -0.1) is 24.8 Å². The first-order valence-electron chi connectivity index (χ1n) is 6.93. The van der Waals surface area contributed by atoms with Crippen molar-refractivity contribution in [1.29, 1.82) is 0 Å². The second-order valence-corrected chi connectivity index (χ2v) is 5.02. The highest BCUT2D eigenvalue weighted by atomic mass is 35.5. The third-order valence-corrected chi connectivity index (χ3v) is 3.61. The van der Waals surface area contributed by atoms with Crippen molar-refractivity contribution in [2.75, 3.05) is 18.4 Å². The second-order valence-electron chi connectivity index (χ2n) is 5.02. The first-order valence-corrected chi connectivity index (χ1v) is 6.93. The van der Waals surface area contributed by atoms with Gasteiger partial charge in [0.2, 0.25) is 5.91 Å². The number of benzene rings is 1. The molecule has 3 rings (SSSR count). The Morgan fingerprint density at radius 1 is 1.32 bits per heavy atom. The lowest BCUT2D eigenvalue weighted by Gasteiger charge is -2.22. The van der Waals surface area contributed by atoms with Crippen LogP contribution < -0.4 is 10.6 Å². The summed E-state index contributed by atoms with van der Waals surface area (Å²) in [6.07, 6.45) is 7.33. The lowest BCUT2D eigenvalue weighted by Crippen LogP contribution is -2.37. The van der Waals surface area contributed by atoms with E-state index in [9.17, 15) is 4.79 Å². The summed E-state index contributed by atoms with van der Waals surface area (Å²) in [5.74, 6) is 0.143. The van der Waals surface area contributed by atoms with Crippen molar-refractivity contribution >= 4 is 36.4 Å². The number of para-hydroxylation sites is 2. The van der Waals surface area contributed by atoms with Crippen LogP contribution in [0.15, 0.2) is 43.0 Å². The molecule has 1 aliphatic heterocycles. The van der Waals surface area contributed by atoms with Gasteiger partial charge in [0.15, 0.2) is 0 Å². The van der Waals surface area contributed by atoms with Gasteiger partial charge in [-0.2, -0.15) is 0 Å². The maximum Gasteiger partial charge on any atom is 0.228 e. The summed E-state index contributed by atoms with van der Waals surface area (Å²) in [4.78, 5) is 16.4. The Hall–Kier alpha value is -1.56. The molecule has 1 fully saturated rings. The van der Waals surface area contributed by atoms with Crippen LogP contribution in [0.1, 0.15) is 12.8 Å². The maximum atomic E-state index is 12.3. The van der Waals surface area contributed by atoms with Gasteiger partial charge in [0.05, 0.1) is 23.6 Å². The lowest BCUT2D eigenvalue weighted by atomic mass is 9.99. The molecule has 5 nitrogen and oxygen atoms in total. The first kappa shape index (κ1) is 18.5. The van der Waals surface area contributed by atoms with Gasteiger partial charge >= 0.3 is 0 Å². The minimum atomic E-state index is 0. The number of hydrogen-bond donors (Lipinski definition) is 2. The average molecular weight is 343 g/mol. The zero-order valence-corrected chi connectivity index (χ0v) is 13.7. The molecule has 2 N–H and O–H groups in total. The van der Waals surface area contributed by atoms with E-state index in [1.54, 1.807) is 12.5 Å². The normalized spacial score (nSPS) is 17.0. The largest absolute Gasteiger partial charge is 0.324 e. The Morgan fingerprint density at radius 3 is 2.82 bits per heavy atom. The second kappa shape index (κ2) is 8.78. The number of piperidine rings is 1. The number of amides is 1. The van der Waals surface area contributed by atoms with Crippen LogP contribution in [0.4, 0.5) is 5.69 Å². The summed E-state index contributed by atoms with van der Waals surface area (Å²) >= 11 is 0. The predicted octanol–water partition coefficient (Wildman–Crippen LogP) is 2.65. The highest BCUT2D eigenvalue weighted by molar-refractivity contribution is 5.94. The van der Waals surface area contributed by atoms with E-state index in [0.717, 1.165) is 37.3 Å². The van der Waals surface area contributed by atoms with Crippen LogP contribution in [-0.4, -0.2) is 28.5 Å². The van der Waals surface area contributed by atoms with E-state index in [1.165, 1.54) is 0 Å². The Kier molecular flexibility index (Phi) is 7.38. The number of halogens is 2. The van der Waals surface area contributed by atoms with E-state index in [-0.39, 0.29) is 36.6 Å². The van der Waals surface area contributed by atoms with E-state index in [0.29, 0.717) is 0 Å². The van der Waals surface area contributed by atoms with Crippen LogP contribution in [0.5, 0.6) is 0 Å². The Morgan fingerprint density at radius 2 is 2.14 bits per heavy atom. The van der Waals surface area contributed by atoms with Gasteiger partial charge in [0.1, 0.15) is 0 Å². The van der Waals surface area contributed by atoms with Gasteiger partial charge in [-0.05, 0) is 31.5 Å². The highest BCUT2D eigenvalue weighted by Gasteiger charge is 2.21. The van der Waals surface area contributed by atoms with Gasteiger partial charge in [-0.25, -0.2) is 4.98 Å². The SMILES string of the molecule is Cl.Cl.O=C(Nc1ccccc1-n1ccnc1)[C@@H]1CCCNC1. The van der Waals surface area contributed by atoms with Gasteiger partial charge in [0.25, 0.3) is 0 Å². The molecule has 7 heteroatoms. The molecule has 22 heavy (non-hydrogen) atoms. The molecule has 1 saturated heterocycles. The zero-order chi connectivity index (χ0) is 13.8. The number of aromatic nitrogens is 2. The molecule has 2 aromatic rings. The molecule has 0 aliphatic carbocycles. The van der Waals surface area contributed by atoms with E-state index in [1.807, 2.05) is 35.0 Å². The fraction of sp³-hybridized carbons (Fsp3) is 0.333. The van der Waals surface area contributed by atoms with Gasteiger partial charge in [-0.1, -0.05) is 12.1 Å². The molecular weight excluding hydrogens is 323 g/mol. The van der Waals surface area contributed by atoms with Crippen molar-refractivity contribution in [2.24, 2.45) is 5.92 Å². The molecule has 1 aromatic heterocycles. The van der Waals surface area contributed by atoms with Crippen LogP contribution >= 0.6 is 24.8 Å².